The van der Waals surface area contributed by atoms with Gasteiger partial charge in [0.1, 0.15) is 0 Å². The molecule has 0 heterocycles. The van der Waals surface area contributed by atoms with Crippen molar-refractivity contribution in [3.8, 4) is 0 Å². The van der Waals surface area contributed by atoms with Crippen LogP contribution in [-0.4, -0.2) is 41.4 Å². The molecular formula is C20H40KNaO7S. The molecule has 7 nitrogen and oxygen atoms in total. The van der Waals surface area contributed by atoms with Crippen molar-refractivity contribution in [2.24, 2.45) is 0 Å². The van der Waals surface area contributed by atoms with Crippen molar-refractivity contribution in [2.45, 2.75) is 108 Å². The number of ether oxygens (including phenoxy) is 1. The Morgan fingerprint density at radius 3 is 1.73 bits per heavy atom. The summed E-state index contributed by atoms with van der Waals surface area (Å²) < 4.78 is 36.4. The quantitative estimate of drug-likeness (QED) is 0.110. The van der Waals surface area contributed by atoms with E-state index in [1.54, 1.807) is 0 Å². The second-order valence-corrected chi connectivity index (χ2v) is 9.19. The normalized spacial score (nSPS) is 12.9. The van der Waals surface area contributed by atoms with Crippen LogP contribution in [0.5, 0.6) is 0 Å². The van der Waals surface area contributed by atoms with Crippen LogP contribution in [0, 0.1) is 0 Å². The number of hydrogen-bond acceptors (Lipinski definition) is 5. The summed E-state index contributed by atoms with van der Waals surface area (Å²) in [6.07, 6.45) is 9.56. The molecule has 10 heteroatoms. The van der Waals surface area contributed by atoms with Crippen LogP contribution in [0.1, 0.15) is 107 Å². The summed E-state index contributed by atoms with van der Waals surface area (Å²) in [4.78, 5) is 23.8. The molecule has 0 amide bonds. The fourth-order valence-corrected chi connectivity index (χ4v) is 4.18. The van der Waals surface area contributed by atoms with Gasteiger partial charge in [-0.05, 0) is 12.8 Å². The second kappa shape index (κ2) is 21.0. The number of aliphatic carboxylic acids is 1. The maximum absolute atomic E-state index is 12.5. The van der Waals surface area contributed by atoms with Crippen LogP contribution >= 0.6 is 0 Å². The maximum atomic E-state index is 12.5. The van der Waals surface area contributed by atoms with Crippen molar-refractivity contribution in [1.82, 2.24) is 0 Å². The van der Waals surface area contributed by atoms with Crippen LogP contribution < -0.4 is 80.9 Å². The van der Waals surface area contributed by atoms with E-state index in [1.165, 1.54) is 0 Å². The van der Waals surface area contributed by atoms with E-state index in [0.717, 1.165) is 57.8 Å². The van der Waals surface area contributed by atoms with Gasteiger partial charge in [0.05, 0.1) is 13.0 Å². The fourth-order valence-electron chi connectivity index (χ4n) is 3.20. The molecule has 0 aliphatic carbocycles. The van der Waals surface area contributed by atoms with Crippen LogP contribution in [0.25, 0.3) is 0 Å². The van der Waals surface area contributed by atoms with Crippen molar-refractivity contribution in [2.75, 3.05) is 6.61 Å². The van der Waals surface area contributed by atoms with Gasteiger partial charge < -0.3 is 12.7 Å². The van der Waals surface area contributed by atoms with E-state index in [2.05, 4.69) is 13.8 Å². The predicted molar refractivity (Wildman–Crippen MR) is 111 cm³/mol. The Morgan fingerprint density at radius 1 is 0.867 bits per heavy atom. The average molecular weight is 487 g/mol. The predicted octanol–water partition coefficient (Wildman–Crippen LogP) is -1.02. The summed E-state index contributed by atoms with van der Waals surface area (Å²) >= 11 is 0. The molecule has 0 aromatic rings. The molecule has 0 spiro atoms. The standard InChI is InChI=1S/C20H38O7S.K.Na.2H/c1-3-5-7-9-11-13-15-20(17-18(21)22,28(24,25)26)19(23)27-16-14-12-10-8-6-4-2;;;;/h3-17H2,1-2H3,(H,21,22)(H,24,25,26);;;;/q;2*+1;2*-1. The van der Waals surface area contributed by atoms with Gasteiger partial charge in [-0.25, -0.2) is 0 Å². The Labute approximate surface area is 250 Å². The van der Waals surface area contributed by atoms with E-state index in [0.29, 0.717) is 19.3 Å². The van der Waals surface area contributed by atoms with E-state index in [4.69, 9.17) is 9.84 Å². The van der Waals surface area contributed by atoms with Crippen LogP contribution in [0.4, 0.5) is 0 Å². The Bertz CT molecular complexity index is 568. The number of carbonyl (C=O) groups excluding carboxylic acids is 1. The molecule has 1 atom stereocenters. The SMILES string of the molecule is CCCCCCCCOC(=O)C(CCCCCCCC)(CC(=O)O)S(=O)(=O)O.[H-].[H-].[K+].[Na+]. The molecule has 0 saturated carbocycles. The number of hydrogen-bond donors (Lipinski definition) is 2. The molecule has 0 fully saturated rings. The van der Waals surface area contributed by atoms with Gasteiger partial charge in [-0.3, -0.25) is 14.1 Å². The zero-order valence-corrected chi connectivity index (χ0v) is 25.4. The number of carboxylic acids is 1. The Morgan fingerprint density at radius 2 is 1.30 bits per heavy atom. The summed E-state index contributed by atoms with van der Waals surface area (Å²) in [6, 6.07) is 0. The third-order valence-electron chi connectivity index (χ3n) is 4.97. The molecule has 2 N–H and O–H groups in total. The van der Waals surface area contributed by atoms with Gasteiger partial charge in [0, 0.05) is 0 Å². The number of esters is 1. The van der Waals surface area contributed by atoms with Crippen molar-refractivity contribution in [3.05, 3.63) is 0 Å². The first kappa shape index (κ1) is 36.1. The number of rotatable bonds is 18. The van der Waals surface area contributed by atoms with E-state index < -0.39 is 33.2 Å². The Hall–Kier alpha value is 1.49. The van der Waals surface area contributed by atoms with E-state index >= 15 is 0 Å². The number of unbranched alkanes of at least 4 members (excludes halogenated alkanes) is 10. The first-order valence-electron chi connectivity index (χ1n) is 10.6. The maximum Gasteiger partial charge on any atom is 1.00 e. The van der Waals surface area contributed by atoms with Crippen LogP contribution in [0.2, 0.25) is 0 Å². The minimum absolute atomic E-state index is 0. The fraction of sp³-hybridized carbons (Fsp3) is 0.900. The third-order valence-corrected chi connectivity index (χ3v) is 6.47. The van der Waals surface area contributed by atoms with Gasteiger partial charge in [0.2, 0.25) is 4.75 Å². The van der Waals surface area contributed by atoms with E-state index in [9.17, 15) is 22.6 Å². The summed E-state index contributed by atoms with van der Waals surface area (Å²) in [6.45, 7) is 4.22. The van der Waals surface area contributed by atoms with Gasteiger partial charge in [-0.15, -0.1) is 0 Å². The smallest absolute Gasteiger partial charge is 1.00 e. The monoisotopic (exact) mass is 486 g/mol. The molecular weight excluding hydrogens is 446 g/mol. The van der Waals surface area contributed by atoms with Gasteiger partial charge in [-0.1, -0.05) is 84.5 Å². The molecule has 0 aliphatic heterocycles. The summed E-state index contributed by atoms with van der Waals surface area (Å²) in [5, 5.41) is 9.14. The van der Waals surface area contributed by atoms with Crippen LogP contribution in [-0.2, 0) is 24.4 Å². The Kier molecular flexibility index (Phi) is 25.3. The summed E-state index contributed by atoms with van der Waals surface area (Å²) in [5.41, 5.74) is 0. The molecule has 0 aliphatic rings. The third kappa shape index (κ3) is 15.3. The molecule has 0 bridgehead atoms. The minimum Gasteiger partial charge on any atom is -1.00 e. The van der Waals surface area contributed by atoms with E-state index in [1.807, 2.05) is 0 Å². The first-order valence-corrected chi connectivity index (χ1v) is 12.0. The number of carbonyl (C=O) groups is 2. The first-order chi connectivity index (χ1) is 13.2. The van der Waals surface area contributed by atoms with Crippen LogP contribution in [0.3, 0.4) is 0 Å². The number of carboxylic acid groups (broad SMARTS) is 1. The molecule has 0 saturated heterocycles. The van der Waals surface area contributed by atoms with Crippen LogP contribution in [0.15, 0.2) is 0 Å². The molecule has 1 unspecified atom stereocenters. The van der Waals surface area contributed by atoms with Crippen molar-refractivity contribution < 1.29 is 116 Å². The zero-order valence-electron chi connectivity index (χ0n) is 21.5. The zero-order chi connectivity index (χ0) is 21.5. The molecule has 0 rings (SSSR count). The van der Waals surface area contributed by atoms with Crippen molar-refractivity contribution in [1.29, 1.82) is 0 Å². The summed E-state index contributed by atoms with van der Waals surface area (Å²) in [5.74, 6) is -2.61. The van der Waals surface area contributed by atoms with Gasteiger partial charge in [0.25, 0.3) is 10.1 Å². The molecule has 170 valence electrons. The molecule has 0 radical (unpaired) electrons. The van der Waals surface area contributed by atoms with Crippen molar-refractivity contribution >= 4 is 22.1 Å². The Balaban J connectivity index is -0.000000607. The molecule has 0 aromatic carbocycles. The average Bonchev–Trinajstić information content (AvgIpc) is 2.61. The van der Waals surface area contributed by atoms with Gasteiger partial charge in [0.15, 0.2) is 0 Å². The van der Waals surface area contributed by atoms with Crippen molar-refractivity contribution in [3.63, 3.8) is 0 Å². The van der Waals surface area contributed by atoms with Gasteiger partial charge in [-0.2, -0.15) is 8.42 Å². The largest absolute Gasteiger partial charge is 1.00 e. The summed E-state index contributed by atoms with van der Waals surface area (Å²) in [7, 11) is -4.93. The minimum atomic E-state index is -4.93. The van der Waals surface area contributed by atoms with Gasteiger partial charge >= 0.3 is 92.9 Å². The molecule has 0 aromatic heterocycles. The second-order valence-electron chi connectivity index (χ2n) is 7.46. The topological polar surface area (TPSA) is 118 Å². The van der Waals surface area contributed by atoms with E-state index in [-0.39, 0.29) is 96.8 Å². The molecule has 30 heavy (non-hydrogen) atoms.